The fourth-order valence-corrected chi connectivity index (χ4v) is 3.87. The Morgan fingerprint density at radius 3 is 2.48 bits per heavy atom. The Bertz CT molecular complexity index is 949. The normalized spacial score (nSPS) is 18.8. The van der Waals surface area contributed by atoms with Gasteiger partial charge in [-0.15, -0.1) is 0 Å². The summed E-state index contributed by atoms with van der Waals surface area (Å²) in [6.07, 6.45) is 0. The molecule has 0 aliphatic carbocycles. The van der Waals surface area contributed by atoms with Crippen LogP contribution in [0.2, 0.25) is 0 Å². The topological polar surface area (TPSA) is 108 Å². The van der Waals surface area contributed by atoms with Crippen molar-refractivity contribution in [3.63, 3.8) is 0 Å². The van der Waals surface area contributed by atoms with Crippen LogP contribution in [0.15, 0.2) is 24.3 Å². The first-order chi connectivity index (χ1) is 14.7. The molecule has 2 atom stereocenters. The van der Waals surface area contributed by atoms with Gasteiger partial charge in [0.1, 0.15) is 6.61 Å². The van der Waals surface area contributed by atoms with Gasteiger partial charge in [-0.05, 0) is 37.8 Å². The smallest absolute Gasteiger partial charge is 0.258 e. The molecule has 1 fully saturated rings. The average Bonchev–Trinajstić information content (AvgIpc) is 3.24. The maximum absolute atomic E-state index is 13.3. The van der Waals surface area contributed by atoms with Crippen LogP contribution in [0.25, 0.3) is 0 Å². The van der Waals surface area contributed by atoms with Crippen LogP contribution in [0, 0.1) is 18.3 Å². The Kier molecular flexibility index (Phi) is 6.81. The van der Waals surface area contributed by atoms with Crippen LogP contribution in [-0.2, 0) is 22.7 Å². The van der Waals surface area contributed by atoms with Gasteiger partial charge in [0, 0.05) is 25.8 Å². The van der Waals surface area contributed by atoms with Gasteiger partial charge in [-0.1, -0.05) is 31.2 Å². The van der Waals surface area contributed by atoms with E-state index in [9.17, 15) is 9.59 Å². The Labute approximate surface area is 183 Å². The molecule has 0 spiro atoms. The zero-order chi connectivity index (χ0) is 22.8. The summed E-state index contributed by atoms with van der Waals surface area (Å²) in [7, 11) is 1.56. The Morgan fingerprint density at radius 2 is 1.94 bits per heavy atom. The van der Waals surface area contributed by atoms with E-state index in [0.717, 1.165) is 11.1 Å². The highest BCUT2D eigenvalue weighted by atomic mass is 16.5. The minimum Gasteiger partial charge on any atom is -0.472 e. The number of carbonyl (C=O) groups excluding carboxylic acids is 2. The van der Waals surface area contributed by atoms with Crippen molar-refractivity contribution in [2.24, 2.45) is 17.1 Å². The van der Waals surface area contributed by atoms with Crippen LogP contribution in [0.3, 0.4) is 0 Å². The van der Waals surface area contributed by atoms with Crippen LogP contribution < -0.4 is 15.8 Å². The number of methoxy groups -OCH3 is 1. The molecule has 31 heavy (non-hydrogen) atoms. The lowest BCUT2D eigenvalue weighted by Crippen LogP contribution is -2.35. The molecule has 2 heterocycles. The Hall–Kier alpha value is -2.71. The third kappa shape index (κ3) is 4.65. The molecule has 2 aromatic rings. The molecule has 1 aromatic carbocycles. The van der Waals surface area contributed by atoms with E-state index in [1.165, 1.54) is 4.68 Å². The number of amides is 1. The lowest BCUT2D eigenvalue weighted by Gasteiger charge is -2.22. The first-order valence-corrected chi connectivity index (χ1v) is 10.5. The van der Waals surface area contributed by atoms with Gasteiger partial charge in [-0.2, -0.15) is 9.78 Å². The molecule has 1 aliphatic rings. The van der Waals surface area contributed by atoms with Gasteiger partial charge in [-0.25, -0.2) is 0 Å². The Morgan fingerprint density at radius 1 is 1.29 bits per heavy atom. The second-order valence-corrected chi connectivity index (χ2v) is 8.86. The molecule has 1 aliphatic heterocycles. The van der Waals surface area contributed by atoms with Crippen molar-refractivity contribution >= 4 is 11.8 Å². The molecule has 2 unspecified atom stereocenters. The van der Waals surface area contributed by atoms with E-state index in [-0.39, 0.29) is 30.9 Å². The highest BCUT2D eigenvalue weighted by Gasteiger charge is 2.40. The van der Waals surface area contributed by atoms with E-state index in [0.29, 0.717) is 30.2 Å². The van der Waals surface area contributed by atoms with Crippen LogP contribution in [-0.4, -0.2) is 41.9 Å². The number of ether oxygens (including phenoxy) is 2. The van der Waals surface area contributed by atoms with Crippen molar-refractivity contribution in [3.8, 4) is 5.88 Å². The quantitative estimate of drug-likeness (QED) is 0.668. The van der Waals surface area contributed by atoms with Crippen molar-refractivity contribution in [1.29, 1.82) is 0 Å². The summed E-state index contributed by atoms with van der Waals surface area (Å²) in [5, 5.41) is 7.47. The maximum atomic E-state index is 13.3. The minimum absolute atomic E-state index is 0.0761. The molecule has 1 aromatic heterocycles. The first kappa shape index (κ1) is 23.0. The largest absolute Gasteiger partial charge is 0.472 e. The second kappa shape index (κ2) is 9.20. The predicted molar refractivity (Wildman–Crippen MR) is 117 cm³/mol. The molecule has 0 saturated carbocycles. The van der Waals surface area contributed by atoms with Gasteiger partial charge in [0.05, 0.1) is 23.6 Å². The van der Waals surface area contributed by atoms with Gasteiger partial charge >= 0.3 is 0 Å². The van der Waals surface area contributed by atoms with Crippen molar-refractivity contribution in [2.45, 2.75) is 46.8 Å². The number of nitrogens with zero attached hydrogens (tertiary/aromatic N) is 2. The van der Waals surface area contributed by atoms with Crippen molar-refractivity contribution < 1.29 is 19.1 Å². The van der Waals surface area contributed by atoms with Gasteiger partial charge < -0.3 is 20.5 Å². The van der Waals surface area contributed by atoms with E-state index in [1.807, 2.05) is 38.1 Å². The van der Waals surface area contributed by atoms with E-state index >= 15 is 0 Å². The van der Waals surface area contributed by atoms with E-state index in [2.05, 4.69) is 10.4 Å². The molecular formula is C23H32N4O4. The lowest BCUT2D eigenvalue weighted by molar-refractivity contribution is -0.120. The van der Waals surface area contributed by atoms with E-state index in [4.69, 9.17) is 15.2 Å². The standard InChI is InChI=1S/C23H32N4O4/c1-14-11-25-20(28)18(14)19-15(2)21(27(26-19)22(29)23(3,4)13-30-5)31-12-17-8-6-16(10-24)7-9-17/h6-9,14,18H,10-13,24H2,1-5H3,(H,25,28). The van der Waals surface area contributed by atoms with E-state index < -0.39 is 11.3 Å². The molecular weight excluding hydrogens is 396 g/mol. The number of benzene rings is 1. The molecule has 0 radical (unpaired) electrons. The van der Waals surface area contributed by atoms with Crippen molar-refractivity contribution in [2.75, 3.05) is 20.3 Å². The third-order valence-corrected chi connectivity index (χ3v) is 5.76. The number of rotatable bonds is 8. The minimum atomic E-state index is -0.811. The maximum Gasteiger partial charge on any atom is 0.258 e. The van der Waals surface area contributed by atoms with Gasteiger partial charge in [-0.3, -0.25) is 9.59 Å². The summed E-state index contributed by atoms with van der Waals surface area (Å²) in [5.41, 5.74) is 8.12. The number of aromatic nitrogens is 2. The number of carbonyl (C=O) groups is 2. The summed E-state index contributed by atoms with van der Waals surface area (Å²) in [6, 6.07) is 7.79. The highest BCUT2D eigenvalue weighted by molar-refractivity contribution is 5.88. The monoisotopic (exact) mass is 428 g/mol. The zero-order valence-corrected chi connectivity index (χ0v) is 18.9. The number of hydrogen-bond acceptors (Lipinski definition) is 6. The highest BCUT2D eigenvalue weighted by Crippen LogP contribution is 2.36. The molecule has 8 nitrogen and oxygen atoms in total. The Balaban J connectivity index is 1.98. The van der Waals surface area contributed by atoms with Gasteiger partial charge in [0.15, 0.2) is 0 Å². The molecule has 3 rings (SSSR count). The lowest BCUT2D eigenvalue weighted by atomic mass is 9.92. The number of hydrogen-bond donors (Lipinski definition) is 2. The summed E-state index contributed by atoms with van der Waals surface area (Å²) >= 11 is 0. The molecule has 1 amide bonds. The predicted octanol–water partition coefficient (Wildman–Crippen LogP) is 2.39. The molecule has 168 valence electrons. The first-order valence-electron chi connectivity index (χ1n) is 10.5. The fourth-order valence-electron chi connectivity index (χ4n) is 3.87. The second-order valence-electron chi connectivity index (χ2n) is 8.86. The summed E-state index contributed by atoms with van der Waals surface area (Å²) in [6.45, 7) is 9.01. The van der Waals surface area contributed by atoms with Crippen LogP contribution in [0.4, 0.5) is 0 Å². The fraction of sp³-hybridized carbons (Fsp3) is 0.522. The SMILES string of the molecule is COCC(C)(C)C(=O)n1nc(C2C(=O)NCC2C)c(C)c1OCc1ccc(CN)cc1. The summed E-state index contributed by atoms with van der Waals surface area (Å²) < 4.78 is 12.6. The summed E-state index contributed by atoms with van der Waals surface area (Å²) in [5.74, 6) is -0.297. The number of nitrogens with one attached hydrogen (secondary N) is 1. The van der Waals surface area contributed by atoms with E-state index in [1.54, 1.807) is 21.0 Å². The zero-order valence-electron chi connectivity index (χ0n) is 18.9. The van der Waals surface area contributed by atoms with Crippen LogP contribution in [0.1, 0.15) is 53.9 Å². The van der Waals surface area contributed by atoms with Crippen LogP contribution in [0.5, 0.6) is 5.88 Å². The number of nitrogens with two attached hydrogens (primary N) is 1. The van der Waals surface area contributed by atoms with Crippen molar-refractivity contribution in [1.82, 2.24) is 15.1 Å². The average molecular weight is 429 g/mol. The molecule has 0 bridgehead atoms. The third-order valence-electron chi connectivity index (χ3n) is 5.76. The molecule has 1 saturated heterocycles. The molecule has 8 heteroatoms. The molecule has 3 N–H and O–H groups in total. The van der Waals surface area contributed by atoms with Crippen LogP contribution >= 0.6 is 0 Å². The van der Waals surface area contributed by atoms with Gasteiger partial charge in [0.2, 0.25) is 11.8 Å². The van der Waals surface area contributed by atoms with Crippen molar-refractivity contribution in [3.05, 3.63) is 46.6 Å². The summed E-state index contributed by atoms with van der Waals surface area (Å²) in [4.78, 5) is 25.8. The van der Waals surface area contributed by atoms with Gasteiger partial charge in [0.25, 0.3) is 5.91 Å².